The Labute approximate surface area is 115 Å². The Kier molecular flexibility index (Phi) is 5.44. The zero-order valence-corrected chi connectivity index (χ0v) is 12.6. The summed E-state index contributed by atoms with van der Waals surface area (Å²) in [5.41, 5.74) is 6.90. The summed E-state index contributed by atoms with van der Waals surface area (Å²) in [5, 5.41) is 0.618. The highest BCUT2D eigenvalue weighted by atomic mass is 79.9. The molecule has 0 radical (unpaired) electrons. The predicted molar refractivity (Wildman–Crippen MR) is 75.0 cm³/mol. The Morgan fingerprint density at radius 2 is 2.06 bits per heavy atom. The molecule has 0 bridgehead atoms. The molecule has 0 saturated heterocycles. The molecule has 96 valence electrons. The summed E-state index contributed by atoms with van der Waals surface area (Å²) < 4.78 is 22.8. The van der Waals surface area contributed by atoms with Crippen LogP contribution in [0.1, 0.15) is 24.4 Å². The van der Waals surface area contributed by atoms with Crippen LogP contribution in [0.25, 0.3) is 0 Å². The molecule has 0 heterocycles. The molecular formula is C11H15BrClNO2S. The largest absolute Gasteiger partial charge is 0.324 e. The molecule has 3 nitrogen and oxygen atoms in total. The molecule has 0 aromatic heterocycles. The van der Waals surface area contributed by atoms with E-state index in [0.29, 0.717) is 17.9 Å². The summed E-state index contributed by atoms with van der Waals surface area (Å²) in [6.07, 6.45) is 2.42. The van der Waals surface area contributed by atoms with Gasteiger partial charge in [-0.3, -0.25) is 0 Å². The minimum absolute atomic E-state index is 0.169. The van der Waals surface area contributed by atoms with Gasteiger partial charge in [0, 0.05) is 27.5 Å². The SMILES string of the molecule is CS(=O)(=O)CCCC(N)c1cc(Cl)cc(Br)c1. The molecule has 0 saturated carbocycles. The van der Waals surface area contributed by atoms with Crippen LogP contribution in [0.2, 0.25) is 5.02 Å². The minimum atomic E-state index is -2.91. The van der Waals surface area contributed by atoms with Gasteiger partial charge in [0.15, 0.2) is 0 Å². The van der Waals surface area contributed by atoms with Gasteiger partial charge in [0.1, 0.15) is 9.84 Å². The predicted octanol–water partition coefficient (Wildman–Crippen LogP) is 2.93. The lowest BCUT2D eigenvalue weighted by molar-refractivity contribution is 0.588. The molecule has 0 fully saturated rings. The van der Waals surface area contributed by atoms with Gasteiger partial charge in [-0.15, -0.1) is 0 Å². The lowest BCUT2D eigenvalue weighted by atomic mass is 10.0. The minimum Gasteiger partial charge on any atom is -0.324 e. The molecule has 1 unspecified atom stereocenters. The summed E-state index contributed by atoms with van der Waals surface area (Å²) in [7, 11) is -2.91. The van der Waals surface area contributed by atoms with E-state index in [1.807, 2.05) is 6.07 Å². The standard InChI is InChI=1S/C11H15BrClNO2S/c1-17(15,16)4-2-3-11(14)8-5-9(12)7-10(13)6-8/h5-7,11H,2-4,14H2,1H3. The molecule has 1 atom stereocenters. The van der Waals surface area contributed by atoms with Crippen molar-refractivity contribution >= 4 is 37.4 Å². The third kappa shape index (κ3) is 5.86. The van der Waals surface area contributed by atoms with E-state index in [1.165, 1.54) is 6.26 Å². The van der Waals surface area contributed by atoms with Gasteiger partial charge in [0.25, 0.3) is 0 Å². The van der Waals surface area contributed by atoms with E-state index in [4.69, 9.17) is 17.3 Å². The molecule has 6 heteroatoms. The van der Waals surface area contributed by atoms with E-state index in [0.717, 1.165) is 10.0 Å². The number of benzene rings is 1. The van der Waals surface area contributed by atoms with Gasteiger partial charge < -0.3 is 5.73 Å². The van der Waals surface area contributed by atoms with Crippen LogP contribution in [0.3, 0.4) is 0 Å². The summed E-state index contributed by atoms with van der Waals surface area (Å²) in [6.45, 7) is 0. The molecule has 0 spiro atoms. The monoisotopic (exact) mass is 339 g/mol. The van der Waals surface area contributed by atoms with Crippen molar-refractivity contribution in [2.24, 2.45) is 5.73 Å². The molecule has 0 amide bonds. The van der Waals surface area contributed by atoms with Gasteiger partial charge in [0.05, 0.1) is 0 Å². The maximum atomic E-state index is 11.0. The maximum absolute atomic E-state index is 11.0. The van der Waals surface area contributed by atoms with Gasteiger partial charge >= 0.3 is 0 Å². The quantitative estimate of drug-likeness (QED) is 0.896. The van der Waals surface area contributed by atoms with Crippen molar-refractivity contribution < 1.29 is 8.42 Å². The number of hydrogen-bond acceptors (Lipinski definition) is 3. The highest BCUT2D eigenvalue weighted by molar-refractivity contribution is 9.10. The number of hydrogen-bond donors (Lipinski definition) is 1. The second-order valence-corrected chi connectivity index (χ2v) is 7.69. The van der Waals surface area contributed by atoms with Gasteiger partial charge in [0.2, 0.25) is 0 Å². The first-order valence-electron chi connectivity index (χ1n) is 5.17. The topological polar surface area (TPSA) is 60.2 Å². The van der Waals surface area contributed by atoms with Crippen LogP contribution in [0.5, 0.6) is 0 Å². The third-order valence-electron chi connectivity index (χ3n) is 2.34. The average Bonchev–Trinajstić information content (AvgIpc) is 2.13. The van der Waals surface area contributed by atoms with Crippen LogP contribution in [0.15, 0.2) is 22.7 Å². The van der Waals surface area contributed by atoms with Crippen molar-refractivity contribution in [1.82, 2.24) is 0 Å². The second-order valence-electron chi connectivity index (χ2n) is 4.08. The second kappa shape index (κ2) is 6.18. The molecule has 0 aliphatic heterocycles. The summed E-state index contributed by atoms with van der Waals surface area (Å²) in [5.74, 6) is 0.169. The van der Waals surface area contributed by atoms with E-state index < -0.39 is 9.84 Å². The number of rotatable bonds is 5. The number of nitrogens with two attached hydrogens (primary N) is 1. The van der Waals surface area contributed by atoms with Crippen LogP contribution in [-0.4, -0.2) is 20.4 Å². The van der Waals surface area contributed by atoms with Gasteiger partial charge in [-0.2, -0.15) is 0 Å². The van der Waals surface area contributed by atoms with Gasteiger partial charge in [-0.1, -0.05) is 27.5 Å². The molecular weight excluding hydrogens is 326 g/mol. The fourth-order valence-electron chi connectivity index (χ4n) is 1.52. The van der Waals surface area contributed by atoms with Crippen LogP contribution in [0.4, 0.5) is 0 Å². The molecule has 17 heavy (non-hydrogen) atoms. The smallest absolute Gasteiger partial charge is 0.147 e. The van der Waals surface area contributed by atoms with Crippen molar-refractivity contribution in [3.8, 4) is 0 Å². The fourth-order valence-corrected chi connectivity index (χ4v) is 3.10. The Morgan fingerprint density at radius 1 is 1.41 bits per heavy atom. The van der Waals surface area contributed by atoms with Crippen molar-refractivity contribution in [2.45, 2.75) is 18.9 Å². The molecule has 1 aromatic rings. The van der Waals surface area contributed by atoms with Crippen LogP contribution in [0, 0.1) is 0 Å². The zero-order chi connectivity index (χ0) is 13.1. The number of halogens is 2. The van der Waals surface area contributed by atoms with Crippen molar-refractivity contribution in [2.75, 3.05) is 12.0 Å². The third-order valence-corrected chi connectivity index (χ3v) is 4.05. The van der Waals surface area contributed by atoms with E-state index in [9.17, 15) is 8.42 Å². The summed E-state index contributed by atoms with van der Waals surface area (Å²) in [6, 6.07) is 5.30. The molecule has 2 N–H and O–H groups in total. The average molecular weight is 341 g/mol. The first kappa shape index (κ1) is 15.0. The molecule has 0 aliphatic carbocycles. The molecule has 1 rings (SSSR count). The first-order valence-corrected chi connectivity index (χ1v) is 8.40. The molecule has 0 aliphatic rings. The highest BCUT2D eigenvalue weighted by Gasteiger charge is 2.09. The Bertz CT molecular complexity index is 470. The van der Waals surface area contributed by atoms with Gasteiger partial charge in [-0.25, -0.2) is 8.42 Å². The normalized spacial score (nSPS) is 13.6. The fraction of sp³-hybridized carbons (Fsp3) is 0.455. The van der Waals surface area contributed by atoms with Crippen molar-refractivity contribution in [1.29, 1.82) is 0 Å². The van der Waals surface area contributed by atoms with E-state index in [2.05, 4.69) is 15.9 Å². The maximum Gasteiger partial charge on any atom is 0.147 e. The first-order chi connectivity index (χ1) is 7.78. The van der Waals surface area contributed by atoms with Gasteiger partial charge in [-0.05, 0) is 36.6 Å². The zero-order valence-electron chi connectivity index (χ0n) is 9.49. The number of sulfone groups is 1. The Morgan fingerprint density at radius 3 is 2.59 bits per heavy atom. The van der Waals surface area contributed by atoms with Crippen LogP contribution < -0.4 is 5.73 Å². The van der Waals surface area contributed by atoms with Crippen molar-refractivity contribution in [3.05, 3.63) is 33.3 Å². The lowest BCUT2D eigenvalue weighted by Crippen LogP contribution is -2.12. The Hall–Kier alpha value is -0.100. The van der Waals surface area contributed by atoms with E-state index in [-0.39, 0.29) is 11.8 Å². The van der Waals surface area contributed by atoms with E-state index >= 15 is 0 Å². The summed E-state index contributed by atoms with van der Waals surface area (Å²) in [4.78, 5) is 0. The summed E-state index contributed by atoms with van der Waals surface area (Å²) >= 11 is 9.26. The molecule has 1 aromatic carbocycles. The van der Waals surface area contributed by atoms with Crippen LogP contribution >= 0.6 is 27.5 Å². The van der Waals surface area contributed by atoms with E-state index in [1.54, 1.807) is 12.1 Å². The highest BCUT2D eigenvalue weighted by Crippen LogP contribution is 2.25. The lowest BCUT2D eigenvalue weighted by Gasteiger charge is -2.12. The van der Waals surface area contributed by atoms with Crippen molar-refractivity contribution in [3.63, 3.8) is 0 Å². The Balaban J connectivity index is 2.61. The van der Waals surface area contributed by atoms with Crippen LogP contribution in [-0.2, 0) is 9.84 Å².